The highest BCUT2D eigenvalue weighted by molar-refractivity contribution is 7.21. The number of amides is 1. The van der Waals surface area contributed by atoms with Crippen LogP contribution in [0.2, 0.25) is 5.02 Å². The Balaban J connectivity index is 1.80. The van der Waals surface area contributed by atoms with Gasteiger partial charge in [0.2, 0.25) is 0 Å². The van der Waals surface area contributed by atoms with E-state index in [4.69, 9.17) is 11.6 Å². The highest BCUT2D eigenvalue weighted by Crippen LogP contribution is 2.35. The lowest BCUT2D eigenvalue weighted by Crippen LogP contribution is -2.16. The minimum absolute atomic E-state index is 0.295. The van der Waals surface area contributed by atoms with Crippen LogP contribution in [-0.2, 0) is 0 Å². The number of hydrogen-bond donors (Lipinski definition) is 1. The number of carbonyl (C=O) groups excluding carboxylic acids is 1. The molecule has 0 saturated carbocycles. The van der Waals surface area contributed by atoms with Crippen LogP contribution < -0.4 is 5.43 Å². The van der Waals surface area contributed by atoms with Crippen LogP contribution in [0, 0.1) is 6.92 Å². The summed E-state index contributed by atoms with van der Waals surface area (Å²) in [6.45, 7) is 2.01. The van der Waals surface area contributed by atoms with Gasteiger partial charge in [-0.25, -0.2) is 5.43 Å². The second kappa shape index (κ2) is 6.30. The lowest BCUT2D eigenvalue weighted by Gasteiger charge is -1.97. The Bertz CT molecular complexity index is 856. The zero-order valence-electron chi connectivity index (χ0n) is 11.8. The maximum Gasteiger partial charge on any atom is 0.283 e. The first kappa shape index (κ1) is 14.8. The fraction of sp³-hybridized carbons (Fsp3) is 0.0588. The van der Waals surface area contributed by atoms with E-state index in [1.165, 1.54) is 11.3 Å². The molecule has 1 aromatic heterocycles. The number of nitrogens with zero attached hydrogens (tertiary/aromatic N) is 1. The van der Waals surface area contributed by atoms with Crippen molar-refractivity contribution in [1.82, 2.24) is 5.43 Å². The van der Waals surface area contributed by atoms with Gasteiger partial charge in [0.15, 0.2) is 0 Å². The Morgan fingerprint density at radius 2 is 2.00 bits per heavy atom. The summed E-state index contributed by atoms with van der Waals surface area (Å²) in [5, 5.41) is 5.35. The topological polar surface area (TPSA) is 41.5 Å². The van der Waals surface area contributed by atoms with Crippen molar-refractivity contribution in [2.24, 2.45) is 5.10 Å². The van der Waals surface area contributed by atoms with Crippen LogP contribution in [0.3, 0.4) is 0 Å². The molecule has 5 heteroatoms. The lowest BCUT2D eigenvalue weighted by atomic mass is 10.2. The van der Waals surface area contributed by atoms with E-state index in [1.54, 1.807) is 6.21 Å². The molecule has 0 radical (unpaired) electrons. The fourth-order valence-electron chi connectivity index (χ4n) is 2.07. The number of hydrazone groups is 1. The van der Waals surface area contributed by atoms with Gasteiger partial charge in [0, 0.05) is 10.1 Å². The summed E-state index contributed by atoms with van der Waals surface area (Å²) in [7, 11) is 0. The largest absolute Gasteiger partial charge is 0.283 e. The van der Waals surface area contributed by atoms with E-state index in [9.17, 15) is 4.79 Å². The zero-order chi connectivity index (χ0) is 15.5. The maximum atomic E-state index is 12.2. The number of carbonyl (C=O) groups is 1. The number of hydrogen-bond acceptors (Lipinski definition) is 3. The number of nitrogens with one attached hydrogen (secondary N) is 1. The number of halogens is 1. The Morgan fingerprint density at radius 1 is 1.23 bits per heavy atom. The first-order valence-electron chi connectivity index (χ1n) is 6.72. The van der Waals surface area contributed by atoms with Gasteiger partial charge < -0.3 is 0 Å². The molecule has 0 aliphatic heterocycles. The molecule has 3 nitrogen and oxygen atoms in total. The zero-order valence-corrected chi connectivity index (χ0v) is 13.4. The summed E-state index contributed by atoms with van der Waals surface area (Å²) in [6, 6.07) is 15.5. The number of fused-ring (bicyclic) bond motifs is 1. The molecule has 110 valence electrons. The molecule has 0 unspecified atom stereocenters. The van der Waals surface area contributed by atoms with Crippen molar-refractivity contribution in [2.75, 3.05) is 0 Å². The molecule has 0 aliphatic rings. The normalized spacial score (nSPS) is 11.2. The van der Waals surface area contributed by atoms with Crippen LogP contribution in [0.5, 0.6) is 0 Å². The van der Waals surface area contributed by atoms with Gasteiger partial charge in [-0.15, -0.1) is 11.3 Å². The minimum Gasteiger partial charge on any atom is -0.266 e. The first-order valence-corrected chi connectivity index (χ1v) is 7.92. The van der Waals surface area contributed by atoms with Crippen LogP contribution in [-0.4, -0.2) is 12.1 Å². The van der Waals surface area contributed by atoms with E-state index in [0.717, 1.165) is 21.2 Å². The quantitative estimate of drug-likeness (QED) is 0.553. The van der Waals surface area contributed by atoms with Gasteiger partial charge in [-0.05, 0) is 24.1 Å². The molecule has 1 heterocycles. The van der Waals surface area contributed by atoms with E-state index < -0.39 is 0 Å². The van der Waals surface area contributed by atoms with Gasteiger partial charge in [-0.2, -0.15) is 5.10 Å². The molecule has 0 aliphatic carbocycles. The Morgan fingerprint density at radius 3 is 2.77 bits per heavy atom. The molecular formula is C17H13ClN2OS. The molecule has 0 fully saturated rings. The number of aryl methyl sites for hydroxylation is 1. The van der Waals surface area contributed by atoms with Gasteiger partial charge in [0.05, 0.1) is 11.2 Å². The Kier molecular flexibility index (Phi) is 4.22. The average molecular weight is 329 g/mol. The van der Waals surface area contributed by atoms with Crippen molar-refractivity contribution in [3.63, 3.8) is 0 Å². The van der Waals surface area contributed by atoms with Gasteiger partial charge >= 0.3 is 0 Å². The van der Waals surface area contributed by atoms with Crippen molar-refractivity contribution in [1.29, 1.82) is 0 Å². The van der Waals surface area contributed by atoms with E-state index in [1.807, 2.05) is 55.5 Å². The predicted octanol–water partition coefficient (Wildman–Crippen LogP) is 4.63. The highest BCUT2D eigenvalue weighted by atomic mass is 35.5. The van der Waals surface area contributed by atoms with Gasteiger partial charge in [-0.3, -0.25) is 4.79 Å². The Labute approximate surface area is 137 Å². The van der Waals surface area contributed by atoms with Gasteiger partial charge in [0.1, 0.15) is 4.88 Å². The van der Waals surface area contributed by atoms with Crippen molar-refractivity contribution in [3.8, 4) is 0 Å². The molecule has 0 saturated heterocycles. The van der Waals surface area contributed by atoms with E-state index >= 15 is 0 Å². The van der Waals surface area contributed by atoms with E-state index in [-0.39, 0.29) is 5.91 Å². The molecule has 2 aromatic carbocycles. The summed E-state index contributed by atoms with van der Waals surface area (Å²) in [6.07, 6.45) is 1.60. The predicted molar refractivity (Wildman–Crippen MR) is 93.1 cm³/mol. The van der Waals surface area contributed by atoms with E-state index in [2.05, 4.69) is 10.5 Å². The number of thiophene rings is 1. The molecule has 3 aromatic rings. The summed E-state index contributed by atoms with van der Waals surface area (Å²) >= 11 is 7.67. The molecule has 0 bridgehead atoms. The third-order valence-corrected chi connectivity index (χ3v) is 4.83. The van der Waals surface area contributed by atoms with Crippen LogP contribution in [0.1, 0.15) is 20.8 Å². The summed E-state index contributed by atoms with van der Waals surface area (Å²) in [5.74, 6) is -0.295. The van der Waals surface area contributed by atoms with Crippen molar-refractivity contribution in [3.05, 3.63) is 69.6 Å². The van der Waals surface area contributed by atoms with Crippen LogP contribution in [0.4, 0.5) is 0 Å². The van der Waals surface area contributed by atoms with Crippen LogP contribution >= 0.6 is 22.9 Å². The van der Waals surface area contributed by atoms with Crippen molar-refractivity contribution < 1.29 is 4.79 Å². The molecular weight excluding hydrogens is 316 g/mol. The highest BCUT2D eigenvalue weighted by Gasteiger charge is 2.16. The van der Waals surface area contributed by atoms with Crippen LogP contribution in [0.25, 0.3) is 10.1 Å². The monoisotopic (exact) mass is 328 g/mol. The second-order valence-corrected chi connectivity index (χ2v) is 6.28. The summed E-state index contributed by atoms with van der Waals surface area (Å²) in [4.78, 5) is 12.7. The third-order valence-electron chi connectivity index (χ3n) is 3.17. The number of rotatable bonds is 3. The molecule has 0 atom stereocenters. The van der Waals surface area contributed by atoms with Crippen LogP contribution in [0.15, 0.2) is 53.6 Å². The van der Waals surface area contributed by atoms with Gasteiger partial charge in [0.25, 0.3) is 5.91 Å². The van der Waals surface area contributed by atoms with E-state index in [0.29, 0.717) is 9.90 Å². The lowest BCUT2D eigenvalue weighted by molar-refractivity contribution is 0.0959. The second-order valence-electron chi connectivity index (χ2n) is 4.85. The smallest absolute Gasteiger partial charge is 0.266 e. The Hall–Kier alpha value is -2.17. The average Bonchev–Trinajstić information content (AvgIpc) is 2.84. The van der Waals surface area contributed by atoms with Crippen molar-refractivity contribution >= 4 is 45.1 Å². The molecule has 0 spiro atoms. The first-order chi connectivity index (χ1) is 10.6. The molecule has 1 amide bonds. The molecule has 3 rings (SSSR count). The standard InChI is InChI=1S/C17H13ClN2OS/c1-11-7-8-13-14(9-11)22-16(15(13)18)17(21)20-19-10-12-5-3-2-4-6-12/h2-10H,1H3,(H,20,21). The molecule has 1 N–H and O–H groups in total. The minimum atomic E-state index is -0.295. The molecule has 22 heavy (non-hydrogen) atoms. The summed E-state index contributed by atoms with van der Waals surface area (Å²) in [5.41, 5.74) is 4.58. The maximum absolute atomic E-state index is 12.2. The SMILES string of the molecule is Cc1ccc2c(Cl)c(C(=O)NN=Cc3ccccc3)sc2c1. The number of benzene rings is 2. The van der Waals surface area contributed by atoms with Crippen molar-refractivity contribution in [2.45, 2.75) is 6.92 Å². The fourth-order valence-corrected chi connectivity index (χ4v) is 3.58. The third kappa shape index (κ3) is 3.03. The summed E-state index contributed by atoms with van der Waals surface area (Å²) < 4.78 is 1.00. The van der Waals surface area contributed by atoms with Gasteiger partial charge in [-0.1, -0.05) is 54.1 Å².